The van der Waals surface area contributed by atoms with Crippen LogP contribution in [-0.2, 0) is 0 Å². The average Bonchev–Trinajstić information content (AvgIpc) is 2.05. The van der Waals surface area contributed by atoms with Crippen LogP contribution in [-0.4, -0.2) is 4.98 Å². The van der Waals surface area contributed by atoms with E-state index in [1.54, 1.807) is 0 Å². The van der Waals surface area contributed by atoms with Crippen molar-refractivity contribution in [2.24, 2.45) is 5.73 Å². The summed E-state index contributed by atoms with van der Waals surface area (Å²) in [6, 6.07) is 4.17. The molecule has 2 nitrogen and oxygen atoms in total. The van der Waals surface area contributed by atoms with E-state index in [2.05, 4.69) is 11.9 Å². The second kappa shape index (κ2) is 5.12. The fourth-order valence-electron chi connectivity index (χ4n) is 0.934. The van der Waals surface area contributed by atoms with E-state index in [4.69, 9.17) is 5.73 Å². The Kier molecular flexibility index (Phi) is 4.86. The van der Waals surface area contributed by atoms with Crippen LogP contribution in [0, 0.1) is 6.92 Å². The molecule has 0 aromatic carbocycles. The van der Waals surface area contributed by atoms with E-state index in [9.17, 15) is 0 Å². The van der Waals surface area contributed by atoms with Crippen LogP contribution in [0.5, 0.6) is 0 Å². The molecular weight excluding hydrogens is 172 g/mol. The van der Waals surface area contributed by atoms with Crippen LogP contribution in [0.15, 0.2) is 18.3 Å². The highest BCUT2D eigenvalue weighted by Gasteiger charge is 2.01. The van der Waals surface area contributed by atoms with Crippen molar-refractivity contribution in [1.82, 2.24) is 4.98 Å². The molecule has 0 radical (unpaired) electrons. The second-order valence-electron chi connectivity index (χ2n) is 2.75. The third-order valence-corrected chi connectivity index (χ3v) is 1.80. The molecule has 0 amide bonds. The zero-order chi connectivity index (χ0) is 8.27. The van der Waals surface area contributed by atoms with Crippen LogP contribution in [0.4, 0.5) is 0 Å². The normalized spacial score (nSPS) is 11.9. The highest BCUT2D eigenvalue weighted by Crippen LogP contribution is 2.11. The van der Waals surface area contributed by atoms with Crippen LogP contribution in [0.2, 0.25) is 0 Å². The lowest BCUT2D eigenvalue weighted by Crippen LogP contribution is -2.08. The predicted molar refractivity (Wildman–Crippen MR) is 53.4 cm³/mol. The quantitative estimate of drug-likeness (QED) is 0.770. The van der Waals surface area contributed by atoms with Crippen LogP contribution >= 0.6 is 12.4 Å². The molecule has 0 aliphatic heterocycles. The summed E-state index contributed by atoms with van der Waals surface area (Å²) in [4.78, 5) is 4.17. The van der Waals surface area contributed by atoms with E-state index in [0.717, 1.165) is 17.7 Å². The standard InChI is InChI=1S/C9H14N2.ClH/c1-3-9(10)8-5-4-7(2)11-6-8;/h4-6,9H,3,10H2,1-2H3;1H/t9-;/m1./s1. The maximum absolute atomic E-state index is 5.80. The van der Waals surface area contributed by atoms with Gasteiger partial charge in [-0.25, -0.2) is 0 Å². The molecule has 0 aliphatic carbocycles. The molecule has 0 spiro atoms. The Morgan fingerprint density at radius 2 is 2.17 bits per heavy atom. The molecule has 1 heterocycles. The maximum atomic E-state index is 5.80. The minimum Gasteiger partial charge on any atom is -0.324 e. The summed E-state index contributed by atoms with van der Waals surface area (Å²) in [6.45, 7) is 4.05. The SMILES string of the molecule is CC[C@@H](N)c1ccc(C)nc1.Cl. The van der Waals surface area contributed by atoms with E-state index in [1.807, 2.05) is 25.3 Å². The van der Waals surface area contributed by atoms with Gasteiger partial charge in [0.15, 0.2) is 0 Å². The van der Waals surface area contributed by atoms with Crippen molar-refractivity contribution in [1.29, 1.82) is 0 Å². The Hall–Kier alpha value is -0.600. The van der Waals surface area contributed by atoms with Gasteiger partial charge in [-0.1, -0.05) is 13.0 Å². The number of pyridine rings is 1. The van der Waals surface area contributed by atoms with Crippen molar-refractivity contribution in [3.63, 3.8) is 0 Å². The summed E-state index contributed by atoms with van der Waals surface area (Å²) in [5.41, 5.74) is 7.97. The lowest BCUT2D eigenvalue weighted by molar-refractivity contribution is 0.694. The summed E-state index contributed by atoms with van der Waals surface area (Å²) in [5, 5.41) is 0. The Balaban J connectivity index is 0.00000121. The number of nitrogens with two attached hydrogens (primary N) is 1. The van der Waals surface area contributed by atoms with Gasteiger partial charge in [0.05, 0.1) is 0 Å². The van der Waals surface area contributed by atoms with Crippen LogP contribution < -0.4 is 5.73 Å². The van der Waals surface area contributed by atoms with E-state index in [-0.39, 0.29) is 18.4 Å². The minimum atomic E-state index is 0. The van der Waals surface area contributed by atoms with Gasteiger partial charge in [0.25, 0.3) is 0 Å². The maximum Gasteiger partial charge on any atom is 0.0372 e. The Labute approximate surface area is 79.6 Å². The molecule has 0 fully saturated rings. The number of hydrogen-bond donors (Lipinski definition) is 1. The van der Waals surface area contributed by atoms with Crippen LogP contribution in [0.25, 0.3) is 0 Å². The van der Waals surface area contributed by atoms with Gasteiger partial charge < -0.3 is 5.73 Å². The highest BCUT2D eigenvalue weighted by atomic mass is 35.5. The Morgan fingerprint density at radius 1 is 1.50 bits per heavy atom. The first-order chi connectivity index (χ1) is 5.24. The lowest BCUT2D eigenvalue weighted by Gasteiger charge is -2.07. The molecule has 68 valence electrons. The zero-order valence-corrected chi connectivity index (χ0v) is 8.27. The Morgan fingerprint density at radius 3 is 2.58 bits per heavy atom. The highest BCUT2D eigenvalue weighted by molar-refractivity contribution is 5.85. The summed E-state index contributed by atoms with van der Waals surface area (Å²) in [5.74, 6) is 0. The van der Waals surface area contributed by atoms with Gasteiger partial charge in [0.2, 0.25) is 0 Å². The smallest absolute Gasteiger partial charge is 0.0372 e. The molecule has 1 atom stereocenters. The molecule has 1 aromatic rings. The third kappa shape index (κ3) is 2.80. The van der Waals surface area contributed by atoms with Crippen molar-refractivity contribution in [3.8, 4) is 0 Å². The van der Waals surface area contributed by atoms with Crippen LogP contribution in [0.1, 0.15) is 30.6 Å². The lowest BCUT2D eigenvalue weighted by atomic mass is 10.1. The molecule has 3 heteroatoms. The van der Waals surface area contributed by atoms with Gasteiger partial charge in [-0.2, -0.15) is 0 Å². The fraction of sp³-hybridized carbons (Fsp3) is 0.444. The van der Waals surface area contributed by atoms with E-state index in [0.29, 0.717) is 0 Å². The fourth-order valence-corrected chi connectivity index (χ4v) is 0.934. The first kappa shape index (κ1) is 11.4. The number of aromatic nitrogens is 1. The largest absolute Gasteiger partial charge is 0.324 e. The number of hydrogen-bond acceptors (Lipinski definition) is 2. The molecule has 0 saturated heterocycles. The third-order valence-electron chi connectivity index (χ3n) is 1.80. The number of rotatable bonds is 2. The van der Waals surface area contributed by atoms with Gasteiger partial charge >= 0.3 is 0 Å². The van der Waals surface area contributed by atoms with Crippen molar-refractivity contribution >= 4 is 12.4 Å². The predicted octanol–water partition coefficient (Wildman–Crippen LogP) is 2.22. The molecule has 1 rings (SSSR count). The molecule has 0 aliphatic rings. The van der Waals surface area contributed by atoms with Gasteiger partial charge in [-0.3, -0.25) is 4.98 Å². The van der Waals surface area contributed by atoms with Crippen molar-refractivity contribution in [2.75, 3.05) is 0 Å². The topological polar surface area (TPSA) is 38.9 Å². The number of nitrogens with zero attached hydrogens (tertiary/aromatic N) is 1. The second-order valence-corrected chi connectivity index (χ2v) is 2.75. The molecule has 0 bridgehead atoms. The van der Waals surface area contributed by atoms with Crippen molar-refractivity contribution < 1.29 is 0 Å². The van der Waals surface area contributed by atoms with Gasteiger partial charge in [-0.15, -0.1) is 12.4 Å². The molecule has 2 N–H and O–H groups in total. The van der Waals surface area contributed by atoms with Crippen LogP contribution in [0.3, 0.4) is 0 Å². The van der Waals surface area contributed by atoms with Crippen molar-refractivity contribution in [2.45, 2.75) is 26.3 Å². The average molecular weight is 187 g/mol. The zero-order valence-electron chi connectivity index (χ0n) is 7.45. The molecule has 0 unspecified atom stereocenters. The number of halogens is 1. The number of aryl methyl sites for hydroxylation is 1. The molecule has 0 saturated carbocycles. The minimum absolute atomic E-state index is 0. The monoisotopic (exact) mass is 186 g/mol. The first-order valence-electron chi connectivity index (χ1n) is 3.92. The first-order valence-corrected chi connectivity index (χ1v) is 3.92. The summed E-state index contributed by atoms with van der Waals surface area (Å²) in [7, 11) is 0. The summed E-state index contributed by atoms with van der Waals surface area (Å²) >= 11 is 0. The van der Waals surface area contributed by atoms with Gasteiger partial charge in [-0.05, 0) is 25.0 Å². The van der Waals surface area contributed by atoms with Gasteiger partial charge in [0, 0.05) is 17.9 Å². The van der Waals surface area contributed by atoms with E-state index < -0.39 is 0 Å². The van der Waals surface area contributed by atoms with E-state index in [1.165, 1.54) is 0 Å². The molecule has 12 heavy (non-hydrogen) atoms. The summed E-state index contributed by atoms with van der Waals surface area (Å²) in [6.07, 6.45) is 2.81. The van der Waals surface area contributed by atoms with E-state index >= 15 is 0 Å². The molecule has 1 aromatic heterocycles. The molecular formula is C9H15ClN2. The Bertz CT molecular complexity index is 220. The van der Waals surface area contributed by atoms with Gasteiger partial charge in [0.1, 0.15) is 0 Å². The summed E-state index contributed by atoms with van der Waals surface area (Å²) < 4.78 is 0. The van der Waals surface area contributed by atoms with Crippen molar-refractivity contribution in [3.05, 3.63) is 29.6 Å².